The second-order valence-corrected chi connectivity index (χ2v) is 8.21. The molecule has 1 saturated heterocycles. The molecular formula is C20H34N4O. The number of likely N-dealkylation sites (N-methyl/N-ethyl adjacent to an activating group) is 1. The molecule has 1 fully saturated rings. The van der Waals surface area contributed by atoms with E-state index in [1.54, 1.807) is 7.11 Å². The highest BCUT2D eigenvalue weighted by atomic mass is 16.5. The minimum Gasteiger partial charge on any atom is -0.497 e. The van der Waals surface area contributed by atoms with Crippen molar-refractivity contribution in [2.45, 2.75) is 39.3 Å². The van der Waals surface area contributed by atoms with E-state index in [4.69, 9.17) is 4.74 Å². The molecule has 0 aromatic heterocycles. The number of hydrogen-bond acceptors (Lipinski definition) is 3. The maximum Gasteiger partial charge on any atom is 0.194 e. The van der Waals surface area contributed by atoms with Gasteiger partial charge in [0.2, 0.25) is 0 Å². The Morgan fingerprint density at radius 3 is 2.48 bits per heavy atom. The number of hydrogen-bond donors (Lipinski definition) is 1. The van der Waals surface area contributed by atoms with E-state index in [1.165, 1.54) is 5.56 Å². The molecule has 5 heteroatoms. The van der Waals surface area contributed by atoms with Crippen molar-refractivity contribution in [2.75, 3.05) is 41.3 Å². The number of aliphatic imine (C=N–C) groups is 1. The predicted octanol–water partition coefficient (Wildman–Crippen LogP) is 2.99. The third kappa shape index (κ3) is 3.76. The fraction of sp³-hybridized carbons (Fsp3) is 0.650. The van der Waals surface area contributed by atoms with E-state index in [-0.39, 0.29) is 11.6 Å². The molecule has 0 amide bonds. The summed E-state index contributed by atoms with van der Waals surface area (Å²) in [7, 11) is 7.77. The first-order valence-corrected chi connectivity index (χ1v) is 8.92. The maximum atomic E-state index is 5.38. The Morgan fingerprint density at radius 1 is 1.32 bits per heavy atom. The Labute approximate surface area is 153 Å². The van der Waals surface area contributed by atoms with Crippen LogP contribution < -0.4 is 10.1 Å². The average molecular weight is 347 g/mol. The molecule has 0 spiro atoms. The number of ether oxygens (including phenoxy) is 1. The van der Waals surface area contributed by atoms with Crippen LogP contribution in [0.25, 0.3) is 0 Å². The predicted molar refractivity (Wildman–Crippen MR) is 105 cm³/mol. The van der Waals surface area contributed by atoms with E-state index in [0.717, 1.165) is 24.8 Å². The van der Waals surface area contributed by atoms with Crippen LogP contribution in [0.2, 0.25) is 0 Å². The third-order valence-electron chi connectivity index (χ3n) is 5.91. The molecular weight excluding hydrogens is 312 g/mol. The van der Waals surface area contributed by atoms with Crippen LogP contribution in [0.3, 0.4) is 0 Å². The van der Waals surface area contributed by atoms with Gasteiger partial charge in [-0.2, -0.15) is 0 Å². The highest BCUT2D eigenvalue weighted by Crippen LogP contribution is 2.46. The van der Waals surface area contributed by atoms with Crippen LogP contribution in [-0.2, 0) is 0 Å². The molecule has 140 valence electrons. The van der Waals surface area contributed by atoms with Crippen molar-refractivity contribution < 1.29 is 4.74 Å². The summed E-state index contributed by atoms with van der Waals surface area (Å²) in [5, 5.41) is 3.58. The summed E-state index contributed by atoms with van der Waals surface area (Å²) in [5.74, 6) is 1.86. The van der Waals surface area contributed by atoms with Crippen LogP contribution in [0, 0.1) is 5.41 Å². The number of benzene rings is 1. The molecule has 1 unspecified atom stereocenters. The maximum absolute atomic E-state index is 5.38. The number of nitrogens with one attached hydrogen (secondary N) is 1. The Bertz CT molecular complexity index is 622. The first-order valence-electron chi connectivity index (χ1n) is 8.92. The van der Waals surface area contributed by atoms with Gasteiger partial charge in [-0.1, -0.05) is 26.0 Å². The molecule has 0 saturated carbocycles. The van der Waals surface area contributed by atoms with Crippen molar-refractivity contribution in [3.63, 3.8) is 0 Å². The quantitative estimate of drug-likeness (QED) is 0.657. The molecule has 1 atom stereocenters. The molecule has 25 heavy (non-hydrogen) atoms. The fourth-order valence-electron chi connectivity index (χ4n) is 3.33. The van der Waals surface area contributed by atoms with Crippen LogP contribution in [0.1, 0.15) is 39.3 Å². The summed E-state index contributed by atoms with van der Waals surface area (Å²) in [4.78, 5) is 9.11. The molecule has 1 heterocycles. The van der Waals surface area contributed by atoms with E-state index in [0.29, 0.717) is 5.41 Å². The lowest BCUT2D eigenvalue weighted by atomic mass is 9.65. The minimum atomic E-state index is 0.0957. The van der Waals surface area contributed by atoms with Gasteiger partial charge in [-0.15, -0.1) is 0 Å². The molecule has 0 radical (unpaired) electrons. The third-order valence-corrected chi connectivity index (χ3v) is 5.91. The molecule has 0 bridgehead atoms. The van der Waals surface area contributed by atoms with E-state index >= 15 is 0 Å². The Morgan fingerprint density at radius 2 is 2.00 bits per heavy atom. The molecule has 1 aliphatic rings. The first kappa shape index (κ1) is 19.6. The van der Waals surface area contributed by atoms with E-state index in [9.17, 15) is 0 Å². The van der Waals surface area contributed by atoms with Gasteiger partial charge >= 0.3 is 0 Å². The number of likely N-dealkylation sites (tertiary alicyclic amines) is 1. The molecule has 2 rings (SSSR count). The van der Waals surface area contributed by atoms with Gasteiger partial charge in [-0.25, -0.2) is 0 Å². The van der Waals surface area contributed by atoms with Gasteiger partial charge in [0.05, 0.1) is 13.2 Å². The number of nitrogens with zero attached hydrogens (tertiary/aromatic N) is 3. The summed E-state index contributed by atoms with van der Waals surface area (Å²) >= 11 is 0. The zero-order valence-corrected chi connectivity index (χ0v) is 17.1. The van der Waals surface area contributed by atoms with Crippen molar-refractivity contribution in [1.29, 1.82) is 0 Å². The topological polar surface area (TPSA) is 40.1 Å². The highest BCUT2D eigenvalue weighted by molar-refractivity contribution is 5.82. The summed E-state index contributed by atoms with van der Waals surface area (Å²) in [6.45, 7) is 11.0. The average Bonchev–Trinajstić information content (AvgIpc) is 2.57. The summed E-state index contributed by atoms with van der Waals surface area (Å²) in [6.07, 6.45) is 0. The lowest BCUT2D eigenvalue weighted by Crippen LogP contribution is -2.72. The van der Waals surface area contributed by atoms with Gasteiger partial charge in [0, 0.05) is 31.1 Å². The van der Waals surface area contributed by atoms with Crippen molar-refractivity contribution in [3.8, 4) is 5.75 Å². The van der Waals surface area contributed by atoms with Crippen LogP contribution >= 0.6 is 0 Å². The van der Waals surface area contributed by atoms with Gasteiger partial charge < -0.3 is 19.9 Å². The monoisotopic (exact) mass is 346 g/mol. The molecule has 1 aromatic carbocycles. The van der Waals surface area contributed by atoms with Crippen LogP contribution in [0.15, 0.2) is 29.3 Å². The normalized spacial score (nSPS) is 20.2. The van der Waals surface area contributed by atoms with Gasteiger partial charge in [-0.05, 0) is 45.6 Å². The molecule has 1 N–H and O–H groups in total. The number of rotatable bonds is 5. The molecule has 0 aliphatic carbocycles. The number of guanidine groups is 1. The Balaban J connectivity index is 2.10. The standard InChI is InChI=1S/C20H34N4O/c1-19(2)14-24(20(19,3)4)18(21-5)22-13-17(23(6)7)15-10-9-11-16(12-15)25-8/h9-12,17H,13-14H2,1-8H3,(H,21,22). The van der Waals surface area contributed by atoms with E-state index in [1.807, 2.05) is 19.2 Å². The lowest BCUT2D eigenvalue weighted by molar-refractivity contribution is -0.0668. The molecule has 1 aromatic rings. The van der Waals surface area contributed by atoms with Crippen LogP contribution in [0.4, 0.5) is 0 Å². The second kappa shape index (κ2) is 7.24. The van der Waals surface area contributed by atoms with Crippen molar-refractivity contribution in [1.82, 2.24) is 15.1 Å². The smallest absolute Gasteiger partial charge is 0.194 e. The SMILES string of the molecule is CN=C(NCC(c1cccc(OC)c1)N(C)C)N1CC(C)(C)C1(C)C. The van der Waals surface area contributed by atoms with Crippen molar-refractivity contribution >= 4 is 5.96 Å². The van der Waals surface area contributed by atoms with Crippen LogP contribution in [-0.4, -0.2) is 62.6 Å². The van der Waals surface area contributed by atoms with Gasteiger partial charge in [0.1, 0.15) is 5.75 Å². The Kier molecular flexibility index (Phi) is 5.67. The van der Waals surface area contributed by atoms with E-state index < -0.39 is 0 Å². The van der Waals surface area contributed by atoms with Crippen molar-refractivity contribution in [2.24, 2.45) is 10.4 Å². The zero-order valence-electron chi connectivity index (χ0n) is 17.1. The summed E-state index contributed by atoms with van der Waals surface area (Å²) in [6, 6.07) is 8.51. The first-order chi connectivity index (χ1) is 11.6. The lowest BCUT2D eigenvalue weighted by Gasteiger charge is -2.62. The molecule has 1 aliphatic heterocycles. The highest BCUT2D eigenvalue weighted by Gasteiger charge is 2.53. The van der Waals surface area contributed by atoms with Gasteiger partial charge in [-0.3, -0.25) is 4.99 Å². The fourth-order valence-corrected chi connectivity index (χ4v) is 3.33. The number of methoxy groups -OCH3 is 1. The zero-order chi connectivity index (χ0) is 18.8. The van der Waals surface area contributed by atoms with Crippen molar-refractivity contribution in [3.05, 3.63) is 29.8 Å². The minimum absolute atomic E-state index is 0.0957. The summed E-state index contributed by atoms with van der Waals surface area (Å²) in [5.41, 5.74) is 1.62. The van der Waals surface area contributed by atoms with Crippen LogP contribution in [0.5, 0.6) is 5.75 Å². The van der Waals surface area contributed by atoms with Gasteiger partial charge in [0.15, 0.2) is 5.96 Å². The largest absolute Gasteiger partial charge is 0.497 e. The van der Waals surface area contributed by atoms with Gasteiger partial charge in [0.25, 0.3) is 0 Å². The second-order valence-electron chi connectivity index (χ2n) is 8.21. The van der Waals surface area contributed by atoms with E-state index in [2.05, 4.69) is 74.0 Å². The summed E-state index contributed by atoms with van der Waals surface area (Å²) < 4.78 is 5.38. The Hall–Kier alpha value is -1.75. The molecule has 5 nitrogen and oxygen atoms in total.